The molecule has 0 aliphatic heterocycles. The molecule has 2 rings (SSSR count). The van der Waals surface area contributed by atoms with E-state index in [0.29, 0.717) is 16.3 Å². The van der Waals surface area contributed by atoms with Crippen molar-refractivity contribution in [3.63, 3.8) is 0 Å². The molecule has 1 atom stereocenters. The van der Waals surface area contributed by atoms with Gasteiger partial charge in [0.05, 0.1) is 16.8 Å². The van der Waals surface area contributed by atoms with Crippen LogP contribution in [0.1, 0.15) is 11.6 Å². The summed E-state index contributed by atoms with van der Waals surface area (Å²) in [5.41, 5.74) is 6.45. The van der Waals surface area contributed by atoms with Gasteiger partial charge in [0.25, 0.3) is 0 Å². The molecule has 0 spiro atoms. The summed E-state index contributed by atoms with van der Waals surface area (Å²) < 4.78 is 26.9. The number of nitrogens with one attached hydrogen (secondary N) is 1. The van der Waals surface area contributed by atoms with Crippen LogP contribution in [0.4, 0.5) is 14.5 Å². The molecule has 0 amide bonds. The van der Waals surface area contributed by atoms with Gasteiger partial charge < -0.3 is 11.1 Å². The van der Waals surface area contributed by atoms with Crippen LogP contribution in [0.5, 0.6) is 0 Å². The summed E-state index contributed by atoms with van der Waals surface area (Å²) >= 11 is 5.96. The standard InChI is InChI=1S/C14H13ClF2N2/c15-11-6-5-9(16)7-13(11)19-14(8-18)10-3-1-2-4-12(10)17/h1-7,14,19H,8,18H2. The van der Waals surface area contributed by atoms with E-state index in [1.165, 1.54) is 24.3 Å². The minimum absolute atomic E-state index is 0.160. The highest BCUT2D eigenvalue weighted by Crippen LogP contribution is 2.27. The first-order chi connectivity index (χ1) is 9.11. The van der Waals surface area contributed by atoms with Crippen molar-refractivity contribution in [2.24, 2.45) is 5.73 Å². The zero-order chi connectivity index (χ0) is 13.8. The summed E-state index contributed by atoms with van der Waals surface area (Å²) in [4.78, 5) is 0. The van der Waals surface area contributed by atoms with Crippen LogP contribution < -0.4 is 11.1 Å². The van der Waals surface area contributed by atoms with Gasteiger partial charge in [-0.1, -0.05) is 29.8 Å². The molecule has 0 aliphatic rings. The molecular formula is C14H13ClF2N2. The van der Waals surface area contributed by atoms with Crippen LogP contribution in [0.15, 0.2) is 42.5 Å². The highest BCUT2D eigenvalue weighted by atomic mass is 35.5. The number of nitrogens with two attached hydrogens (primary N) is 1. The largest absolute Gasteiger partial charge is 0.376 e. The number of anilines is 1. The second kappa shape index (κ2) is 5.99. The second-order valence-electron chi connectivity index (χ2n) is 4.08. The lowest BCUT2D eigenvalue weighted by molar-refractivity contribution is 0.593. The van der Waals surface area contributed by atoms with E-state index < -0.39 is 11.9 Å². The molecule has 0 aromatic heterocycles. The number of hydrogen-bond donors (Lipinski definition) is 2. The normalized spacial score (nSPS) is 12.2. The van der Waals surface area contributed by atoms with Gasteiger partial charge in [-0.25, -0.2) is 8.78 Å². The van der Waals surface area contributed by atoms with Crippen LogP contribution in [0.3, 0.4) is 0 Å². The first kappa shape index (κ1) is 13.8. The smallest absolute Gasteiger partial charge is 0.128 e. The van der Waals surface area contributed by atoms with Gasteiger partial charge in [-0.15, -0.1) is 0 Å². The van der Waals surface area contributed by atoms with Crippen molar-refractivity contribution in [2.75, 3.05) is 11.9 Å². The fourth-order valence-corrected chi connectivity index (χ4v) is 1.99. The van der Waals surface area contributed by atoms with Crippen molar-refractivity contribution in [3.8, 4) is 0 Å². The van der Waals surface area contributed by atoms with Gasteiger partial charge in [0.1, 0.15) is 11.6 Å². The van der Waals surface area contributed by atoms with Gasteiger partial charge in [0, 0.05) is 12.1 Å². The van der Waals surface area contributed by atoms with E-state index in [0.717, 1.165) is 0 Å². The molecule has 0 radical (unpaired) electrons. The quantitative estimate of drug-likeness (QED) is 0.897. The lowest BCUT2D eigenvalue weighted by atomic mass is 10.1. The van der Waals surface area contributed by atoms with Gasteiger partial charge in [0.2, 0.25) is 0 Å². The Morgan fingerprint density at radius 2 is 1.89 bits per heavy atom. The lowest BCUT2D eigenvalue weighted by Gasteiger charge is -2.20. The fraction of sp³-hybridized carbons (Fsp3) is 0.143. The first-order valence-corrected chi connectivity index (χ1v) is 6.15. The van der Waals surface area contributed by atoms with E-state index in [9.17, 15) is 8.78 Å². The molecule has 0 saturated carbocycles. The SMILES string of the molecule is NCC(Nc1cc(F)ccc1Cl)c1ccccc1F. The molecule has 1 unspecified atom stereocenters. The Balaban J connectivity index is 2.29. The van der Waals surface area contributed by atoms with Crippen LogP contribution >= 0.6 is 11.6 Å². The summed E-state index contributed by atoms with van der Waals surface area (Å²) in [6.45, 7) is 0.160. The topological polar surface area (TPSA) is 38.0 Å². The Bertz CT molecular complexity index is 575. The average molecular weight is 283 g/mol. The number of hydrogen-bond acceptors (Lipinski definition) is 2. The van der Waals surface area contributed by atoms with Gasteiger partial charge in [0.15, 0.2) is 0 Å². The summed E-state index contributed by atoms with van der Waals surface area (Å²) in [6, 6.07) is 9.78. The van der Waals surface area contributed by atoms with Crippen LogP contribution in [-0.2, 0) is 0 Å². The fourth-order valence-electron chi connectivity index (χ4n) is 1.82. The highest BCUT2D eigenvalue weighted by Gasteiger charge is 2.15. The van der Waals surface area contributed by atoms with Crippen molar-refractivity contribution in [2.45, 2.75) is 6.04 Å². The second-order valence-corrected chi connectivity index (χ2v) is 4.49. The molecule has 2 aromatic carbocycles. The van der Waals surface area contributed by atoms with E-state index in [2.05, 4.69) is 5.32 Å². The minimum Gasteiger partial charge on any atom is -0.376 e. The number of halogens is 3. The van der Waals surface area contributed by atoms with E-state index in [4.69, 9.17) is 17.3 Å². The van der Waals surface area contributed by atoms with Crippen molar-refractivity contribution < 1.29 is 8.78 Å². The Labute approximate surface area is 115 Å². The van der Waals surface area contributed by atoms with Crippen LogP contribution in [0.25, 0.3) is 0 Å². The van der Waals surface area contributed by atoms with Crippen molar-refractivity contribution in [3.05, 3.63) is 64.7 Å². The predicted octanol–water partition coefficient (Wildman–Crippen LogP) is 3.73. The maximum absolute atomic E-state index is 13.7. The van der Waals surface area contributed by atoms with Gasteiger partial charge in [-0.3, -0.25) is 0 Å². The molecule has 100 valence electrons. The lowest BCUT2D eigenvalue weighted by Crippen LogP contribution is -2.21. The maximum Gasteiger partial charge on any atom is 0.128 e. The van der Waals surface area contributed by atoms with Gasteiger partial charge in [-0.2, -0.15) is 0 Å². The molecule has 2 aromatic rings. The van der Waals surface area contributed by atoms with Crippen LogP contribution in [0, 0.1) is 11.6 Å². The predicted molar refractivity (Wildman–Crippen MR) is 73.2 cm³/mol. The van der Waals surface area contributed by atoms with Crippen molar-refractivity contribution in [1.29, 1.82) is 0 Å². The van der Waals surface area contributed by atoms with E-state index in [1.54, 1.807) is 18.2 Å². The summed E-state index contributed by atoms with van der Waals surface area (Å²) in [5.74, 6) is -0.783. The van der Waals surface area contributed by atoms with Crippen LogP contribution in [0.2, 0.25) is 5.02 Å². The molecule has 2 nitrogen and oxygen atoms in total. The molecular weight excluding hydrogens is 270 g/mol. The van der Waals surface area contributed by atoms with E-state index in [1.807, 2.05) is 0 Å². The van der Waals surface area contributed by atoms with E-state index in [-0.39, 0.29) is 12.4 Å². The highest BCUT2D eigenvalue weighted by molar-refractivity contribution is 6.33. The zero-order valence-electron chi connectivity index (χ0n) is 10.0. The van der Waals surface area contributed by atoms with Gasteiger partial charge >= 0.3 is 0 Å². The Morgan fingerprint density at radius 3 is 2.58 bits per heavy atom. The van der Waals surface area contributed by atoms with Crippen molar-refractivity contribution in [1.82, 2.24) is 0 Å². The molecule has 0 bridgehead atoms. The number of rotatable bonds is 4. The Morgan fingerprint density at radius 1 is 1.16 bits per heavy atom. The third-order valence-corrected chi connectivity index (χ3v) is 3.10. The van der Waals surface area contributed by atoms with Gasteiger partial charge in [-0.05, 0) is 24.3 Å². The molecule has 3 N–H and O–H groups in total. The molecule has 0 heterocycles. The Kier molecular flexibility index (Phi) is 4.35. The molecule has 5 heteroatoms. The van der Waals surface area contributed by atoms with E-state index >= 15 is 0 Å². The maximum atomic E-state index is 13.7. The third-order valence-electron chi connectivity index (χ3n) is 2.77. The zero-order valence-corrected chi connectivity index (χ0v) is 10.8. The third kappa shape index (κ3) is 3.22. The molecule has 19 heavy (non-hydrogen) atoms. The molecule has 0 aliphatic carbocycles. The first-order valence-electron chi connectivity index (χ1n) is 5.78. The van der Waals surface area contributed by atoms with Crippen LogP contribution in [-0.4, -0.2) is 6.54 Å². The summed E-state index contributed by atoms with van der Waals surface area (Å²) in [5, 5.41) is 3.32. The average Bonchev–Trinajstić information content (AvgIpc) is 2.41. The monoisotopic (exact) mass is 282 g/mol. The van der Waals surface area contributed by atoms with Crippen molar-refractivity contribution >= 4 is 17.3 Å². The summed E-state index contributed by atoms with van der Waals surface area (Å²) in [6.07, 6.45) is 0. The minimum atomic E-state index is -0.472. The summed E-state index contributed by atoms with van der Waals surface area (Å²) in [7, 11) is 0. The molecule has 0 fully saturated rings. The molecule has 0 saturated heterocycles. The number of benzene rings is 2. The Hall–Kier alpha value is -1.65.